The lowest BCUT2D eigenvalue weighted by molar-refractivity contribution is -0.136. The number of carbonyl (C=O) groups excluding carboxylic acids is 1. The van der Waals surface area contributed by atoms with Crippen molar-refractivity contribution in [2.75, 3.05) is 13.2 Å². The van der Waals surface area contributed by atoms with Crippen LogP contribution in [0.2, 0.25) is 0 Å². The molecular formula is C27H32FN3O3. The minimum atomic E-state index is -0.330. The lowest BCUT2D eigenvalue weighted by Crippen LogP contribution is -2.39. The van der Waals surface area contributed by atoms with E-state index in [1.165, 1.54) is 12.1 Å². The average Bonchev–Trinajstić information content (AvgIpc) is 3.48. The van der Waals surface area contributed by atoms with Crippen molar-refractivity contribution in [3.8, 4) is 17.3 Å². The highest BCUT2D eigenvalue weighted by Crippen LogP contribution is 2.33. The molecule has 0 aliphatic carbocycles. The molecule has 1 aliphatic rings. The molecule has 180 valence electrons. The third kappa shape index (κ3) is 5.47. The van der Waals surface area contributed by atoms with Crippen LogP contribution in [0, 0.1) is 11.7 Å². The van der Waals surface area contributed by atoms with Gasteiger partial charge in [-0.2, -0.15) is 5.10 Å². The maximum absolute atomic E-state index is 13.5. The molecule has 1 saturated heterocycles. The maximum Gasteiger partial charge on any atom is 0.227 e. The molecule has 7 heteroatoms. The van der Waals surface area contributed by atoms with Gasteiger partial charge in [0, 0.05) is 19.1 Å². The van der Waals surface area contributed by atoms with Crippen LogP contribution in [0.3, 0.4) is 0 Å². The summed E-state index contributed by atoms with van der Waals surface area (Å²) < 4.78 is 27.4. The first-order valence-electron chi connectivity index (χ1n) is 12.0. The van der Waals surface area contributed by atoms with Crippen LogP contribution in [0.15, 0.2) is 54.6 Å². The van der Waals surface area contributed by atoms with Crippen LogP contribution in [0.25, 0.3) is 5.69 Å². The summed E-state index contributed by atoms with van der Waals surface area (Å²) in [6.45, 7) is 7.50. The van der Waals surface area contributed by atoms with Crippen LogP contribution < -0.4 is 4.74 Å². The number of amides is 1. The molecule has 1 aliphatic heterocycles. The molecule has 0 radical (unpaired) electrons. The van der Waals surface area contributed by atoms with E-state index < -0.39 is 0 Å². The predicted molar refractivity (Wildman–Crippen MR) is 129 cm³/mol. The molecule has 0 bridgehead atoms. The van der Waals surface area contributed by atoms with E-state index in [0.29, 0.717) is 31.1 Å². The van der Waals surface area contributed by atoms with Crippen molar-refractivity contribution < 1.29 is 18.7 Å². The Morgan fingerprint density at radius 1 is 1.21 bits per heavy atom. The van der Waals surface area contributed by atoms with Crippen molar-refractivity contribution in [1.29, 1.82) is 0 Å². The Morgan fingerprint density at radius 2 is 1.94 bits per heavy atom. The predicted octanol–water partition coefficient (Wildman–Crippen LogP) is 5.53. The zero-order valence-corrected chi connectivity index (χ0v) is 20.0. The largest absolute Gasteiger partial charge is 0.439 e. The Balaban J connectivity index is 1.76. The van der Waals surface area contributed by atoms with Crippen molar-refractivity contribution in [2.45, 2.75) is 52.7 Å². The van der Waals surface area contributed by atoms with Crippen LogP contribution >= 0.6 is 0 Å². The molecule has 3 aromatic rings. The van der Waals surface area contributed by atoms with Gasteiger partial charge in [0.1, 0.15) is 11.6 Å². The van der Waals surface area contributed by atoms with Gasteiger partial charge in [0.25, 0.3) is 0 Å². The van der Waals surface area contributed by atoms with Gasteiger partial charge in [0.05, 0.1) is 29.6 Å². The van der Waals surface area contributed by atoms with Crippen molar-refractivity contribution in [3.63, 3.8) is 0 Å². The summed E-state index contributed by atoms with van der Waals surface area (Å²) in [7, 11) is 0. The summed E-state index contributed by atoms with van der Waals surface area (Å²) in [4.78, 5) is 15.0. The first-order valence-corrected chi connectivity index (χ1v) is 12.0. The molecule has 2 aromatic carbocycles. The van der Waals surface area contributed by atoms with Gasteiger partial charge < -0.3 is 14.4 Å². The van der Waals surface area contributed by atoms with E-state index in [1.807, 2.05) is 56.0 Å². The van der Waals surface area contributed by atoms with Gasteiger partial charge in [0.15, 0.2) is 0 Å². The molecule has 0 N–H and O–H groups in total. The lowest BCUT2D eigenvalue weighted by Gasteiger charge is -2.27. The molecule has 0 unspecified atom stereocenters. The molecule has 4 rings (SSSR count). The molecule has 6 nitrogen and oxygen atoms in total. The fourth-order valence-electron chi connectivity index (χ4n) is 4.21. The van der Waals surface area contributed by atoms with Gasteiger partial charge >= 0.3 is 0 Å². The van der Waals surface area contributed by atoms with Gasteiger partial charge in [-0.05, 0) is 55.7 Å². The maximum atomic E-state index is 13.5. The number of hydrogen-bond acceptors (Lipinski definition) is 4. The van der Waals surface area contributed by atoms with Crippen LogP contribution in [0.5, 0.6) is 11.6 Å². The van der Waals surface area contributed by atoms with Crippen molar-refractivity contribution >= 4 is 5.91 Å². The number of aryl methyl sites for hydroxylation is 1. The van der Waals surface area contributed by atoms with Crippen molar-refractivity contribution in [2.24, 2.45) is 5.92 Å². The van der Waals surface area contributed by atoms with Crippen LogP contribution in [-0.2, 0) is 22.5 Å². The average molecular weight is 466 g/mol. The lowest BCUT2D eigenvalue weighted by atomic mass is 10.1. The zero-order valence-electron chi connectivity index (χ0n) is 20.0. The quantitative estimate of drug-likeness (QED) is 0.417. The number of nitrogens with zero attached hydrogens (tertiary/aromatic N) is 3. The highest BCUT2D eigenvalue weighted by molar-refractivity contribution is 5.78. The van der Waals surface area contributed by atoms with Crippen molar-refractivity contribution in [3.05, 3.63) is 71.7 Å². The Kier molecular flexibility index (Phi) is 7.63. The zero-order chi connectivity index (χ0) is 24.1. The molecule has 1 fully saturated rings. The fraction of sp³-hybridized carbons (Fsp3) is 0.407. The number of halogens is 1. The normalized spacial score (nSPS) is 15.6. The molecule has 1 aromatic heterocycles. The highest BCUT2D eigenvalue weighted by atomic mass is 19.1. The second-order valence-electron chi connectivity index (χ2n) is 8.90. The topological polar surface area (TPSA) is 56.6 Å². The van der Waals surface area contributed by atoms with E-state index in [1.54, 1.807) is 16.8 Å². The van der Waals surface area contributed by atoms with Crippen LogP contribution in [0.1, 0.15) is 44.9 Å². The van der Waals surface area contributed by atoms with Gasteiger partial charge in [-0.15, -0.1) is 0 Å². The van der Waals surface area contributed by atoms with E-state index in [0.717, 1.165) is 36.4 Å². The minimum Gasteiger partial charge on any atom is -0.439 e. The highest BCUT2D eigenvalue weighted by Gasteiger charge is 2.28. The van der Waals surface area contributed by atoms with E-state index in [2.05, 4.69) is 0 Å². The summed E-state index contributed by atoms with van der Waals surface area (Å²) in [6, 6.07) is 15.7. The van der Waals surface area contributed by atoms with Gasteiger partial charge in [-0.3, -0.25) is 4.79 Å². The number of ether oxygens (including phenoxy) is 2. The SMILES string of the molecule is CCc1nn(-c2ccccc2)c(Oc2ccc(F)cc2)c1CN(C[C@@H]1CCCO1)C(=O)C(C)C. The molecule has 2 heterocycles. The minimum absolute atomic E-state index is 0.0402. The van der Waals surface area contributed by atoms with E-state index >= 15 is 0 Å². The monoisotopic (exact) mass is 465 g/mol. The summed E-state index contributed by atoms with van der Waals surface area (Å²) in [5.74, 6) is 0.630. The first-order chi connectivity index (χ1) is 16.5. The smallest absolute Gasteiger partial charge is 0.227 e. The number of rotatable bonds is 9. The molecule has 1 amide bonds. The van der Waals surface area contributed by atoms with Gasteiger partial charge in [-0.1, -0.05) is 39.0 Å². The molecule has 0 spiro atoms. The summed E-state index contributed by atoms with van der Waals surface area (Å²) >= 11 is 0. The van der Waals surface area contributed by atoms with Crippen molar-refractivity contribution in [1.82, 2.24) is 14.7 Å². The third-order valence-electron chi connectivity index (χ3n) is 5.99. The van der Waals surface area contributed by atoms with E-state index in [-0.39, 0.29) is 23.7 Å². The Morgan fingerprint density at radius 3 is 2.56 bits per heavy atom. The number of hydrogen-bond donors (Lipinski definition) is 0. The standard InChI is InChI=1S/C27H32FN3O3/c1-4-25-24(18-30(26(32)19(2)3)17-23-11-8-16-33-23)27(34-22-14-12-20(28)13-15-22)31(29-25)21-9-6-5-7-10-21/h5-7,9-10,12-15,19,23H,4,8,11,16-18H2,1-3H3/t23-/m0/s1. The van der Waals surface area contributed by atoms with E-state index in [4.69, 9.17) is 14.6 Å². The fourth-order valence-corrected chi connectivity index (χ4v) is 4.21. The summed E-state index contributed by atoms with van der Waals surface area (Å²) in [5.41, 5.74) is 2.55. The second-order valence-corrected chi connectivity index (χ2v) is 8.90. The number of benzene rings is 2. The van der Waals surface area contributed by atoms with Crippen LogP contribution in [0.4, 0.5) is 4.39 Å². The second kappa shape index (κ2) is 10.8. The molecule has 0 saturated carbocycles. The molecular weight excluding hydrogens is 433 g/mol. The summed E-state index contributed by atoms with van der Waals surface area (Å²) in [6.07, 6.45) is 2.68. The Bertz CT molecular complexity index is 1090. The molecule has 1 atom stereocenters. The molecule has 34 heavy (non-hydrogen) atoms. The third-order valence-corrected chi connectivity index (χ3v) is 5.99. The Labute approximate surface area is 200 Å². The first kappa shape index (κ1) is 24.0. The number of para-hydroxylation sites is 1. The van der Waals surface area contributed by atoms with Gasteiger partial charge in [-0.25, -0.2) is 9.07 Å². The Hall–Kier alpha value is -3.19. The van der Waals surface area contributed by atoms with E-state index in [9.17, 15) is 9.18 Å². The van der Waals surface area contributed by atoms with Crippen LogP contribution in [-0.4, -0.2) is 39.8 Å². The number of aromatic nitrogens is 2. The van der Waals surface area contributed by atoms with Gasteiger partial charge in [0.2, 0.25) is 11.8 Å². The number of carbonyl (C=O) groups is 1. The summed E-state index contributed by atoms with van der Waals surface area (Å²) in [5, 5.41) is 4.85.